The van der Waals surface area contributed by atoms with E-state index in [0.29, 0.717) is 12.1 Å². The fraction of sp³-hybridized carbons (Fsp3) is 0.182. The van der Waals surface area contributed by atoms with Crippen LogP contribution < -0.4 is 11.1 Å². The molecular formula is C11H13N5O. The molecule has 17 heavy (non-hydrogen) atoms. The van der Waals surface area contributed by atoms with E-state index in [0.717, 1.165) is 5.56 Å². The molecule has 0 aromatic carbocycles. The number of aromatic nitrogens is 3. The smallest absolute Gasteiger partial charge is 0.255 e. The molecule has 0 atom stereocenters. The average Bonchev–Trinajstić information content (AvgIpc) is 2.73. The number of amides is 1. The molecule has 6 heteroatoms. The highest BCUT2D eigenvalue weighted by atomic mass is 16.1. The Bertz CT molecular complexity index is 534. The highest BCUT2D eigenvalue weighted by Crippen LogP contribution is 2.06. The zero-order valence-corrected chi connectivity index (χ0v) is 9.42. The molecular weight excluding hydrogens is 218 g/mol. The molecule has 0 unspecified atom stereocenters. The van der Waals surface area contributed by atoms with Crippen LogP contribution in [-0.4, -0.2) is 20.7 Å². The van der Waals surface area contributed by atoms with Crippen LogP contribution in [-0.2, 0) is 13.6 Å². The Balaban J connectivity index is 2.01. The van der Waals surface area contributed by atoms with Gasteiger partial charge in [0.15, 0.2) is 0 Å². The summed E-state index contributed by atoms with van der Waals surface area (Å²) in [6, 6.07) is 3.32. The van der Waals surface area contributed by atoms with Gasteiger partial charge in [-0.2, -0.15) is 5.10 Å². The fourth-order valence-electron chi connectivity index (χ4n) is 1.45. The molecule has 0 radical (unpaired) electrons. The number of nitrogens with one attached hydrogen (secondary N) is 1. The van der Waals surface area contributed by atoms with Crippen LogP contribution >= 0.6 is 0 Å². The van der Waals surface area contributed by atoms with E-state index in [1.807, 2.05) is 13.2 Å². The van der Waals surface area contributed by atoms with Crippen LogP contribution in [0.4, 0.5) is 5.82 Å². The van der Waals surface area contributed by atoms with Crippen LogP contribution in [0.1, 0.15) is 15.9 Å². The Morgan fingerprint density at radius 1 is 1.59 bits per heavy atom. The molecule has 2 aromatic heterocycles. The predicted octanol–water partition coefficient (Wildman–Crippen LogP) is 0.327. The van der Waals surface area contributed by atoms with Crippen LogP contribution in [0, 0.1) is 0 Å². The third-order valence-corrected chi connectivity index (χ3v) is 2.29. The number of nitrogen functional groups attached to an aromatic ring is 1. The van der Waals surface area contributed by atoms with Gasteiger partial charge in [0.05, 0.1) is 11.8 Å². The predicted molar refractivity (Wildman–Crippen MR) is 63.0 cm³/mol. The van der Waals surface area contributed by atoms with Crippen LogP contribution in [0.15, 0.2) is 30.7 Å². The van der Waals surface area contributed by atoms with Gasteiger partial charge in [-0.3, -0.25) is 9.48 Å². The molecule has 0 aliphatic carbocycles. The molecule has 6 nitrogen and oxygen atoms in total. The Morgan fingerprint density at radius 3 is 3.06 bits per heavy atom. The number of rotatable bonds is 3. The number of hydrogen-bond acceptors (Lipinski definition) is 4. The van der Waals surface area contributed by atoms with Crippen molar-refractivity contribution >= 4 is 11.7 Å². The van der Waals surface area contributed by atoms with Gasteiger partial charge in [0, 0.05) is 31.5 Å². The molecule has 2 rings (SSSR count). The van der Waals surface area contributed by atoms with Crippen LogP contribution in [0.5, 0.6) is 0 Å². The van der Waals surface area contributed by atoms with Crippen molar-refractivity contribution in [1.82, 2.24) is 20.1 Å². The van der Waals surface area contributed by atoms with E-state index < -0.39 is 0 Å². The normalized spacial score (nSPS) is 10.2. The van der Waals surface area contributed by atoms with Gasteiger partial charge in [-0.25, -0.2) is 4.98 Å². The van der Waals surface area contributed by atoms with E-state index >= 15 is 0 Å². The summed E-state index contributed by atoms with van der Waals surface area (Å²) in [5, 5.41) is 6.77. The zero-order valence-electron chi connectivity index (χ0n) is 9.42. The molecule has 0 saturated heterocycles. The number of aryl methyl sites for hydroxylation is 1. The first kappa shape index (κ1) is 11.1. The summed E-state index contributed by atoms with van der Waals surface area (Å²) in [6.45, 7) is 0.418. The van der Waals surface area contributed by atoms with E-state index in [-0.39, 0.29) is 11.7 Å². The van der Waals surface area contributed by atoms with Crippen LogP contribution in [0.25, 0.3) is 0 Å². The van der Waals surface area contributed by atoms with Gasteiger partial charge in [0.1, 0.15) is 5.82 Å². The van der Waals surface area contributed by atoms with Crippen molar-refractivity contribution < 1.29 is 4.79 Å². The number of nitrogens with zero attached hydrogens (tertiary/aromatic N) is 3. The Morgan fingerprint density at radius 2 is 2.41 bits per heavy atom. The van der Waals surface area contributed by atoms with Crippen molar-refractivity contribution in [3.63, 3.8) is 0 Å². The Labute approximate surface area is 98.5 Å². The number of pyridine rings is 1. The number of anilines is 1. The molecule has 0 aliphatic heterocycles. The van der Waals surface area contributed by atoms with Crippen LogP contribution in [0.3, 0.4) is 0 Å². The van der Waals surface area contributed by atoms with E-state index in [1.165, 1.54) is 0 Å². The maximum absolute atomic E-state index is 11.8. The number of carbonyl (C=O) groups excluding carboxylic acids is 1. The molecule has 0 saturated carbocycles. The van der Waals surface area contributed by atoms with Crippen LogP contribution in [0.2, 0.25) is 0 Å². The standard InChI is InChI=1S/C11H13N5O/c1-16-7-8(6-15-16)5-14-11(17)9-3-2-4-13-10(9)12/h2-4,6-7H,5H2,1H3,(H2,12,13)(H,14,17). The molecule has 2 aromatic rings. The summed E-state index contributed by atoms with van der Waals surface area (Å²) in [7, 11) is 1.82. The number of nitrogens with two attached hydrogens (primary N) is 1. The number of hydrogen-bond donors (Lipinski definition) is 2. The van der Waals surface area contributed by atoms with E-state index in [9.17, 15) is 4.79 Å². The van der Waals surface area contributed by atoms with Crippen molar-refractivity contribution in [3.05, 3.63) is 41.9 Å². The molecule has 0 bridgehead atoms. The van der Waals surface area contributed by atoms with Gasteiger partial charge >= 0.3 is 0 Å². The second-order valence-corrected chi connectivity index (χ2v) is 3.64. The second-order valence-electron chi connectivity index (χ2n) is 3.64. The first-order chi connectivity index (χ1) is 8.16. The molecule has 88 valence electrons. The molecule has 2 heterocycles. The highest BCUT2D eigenvalue weighted by Gasteiger charge is 2.09. The third kappa shape index (κ3) is 2.60. The number of carbonyl (C=O) groups is 1. The quantitative estimate of drug-likeness (QED) is 0.797. The second kappa shape index (κ2) is 4.65. The Hall–Kier alpha value is -2.37. The largest absolute Gasteiger partial charge is 0.383 e. The summed E-state index contributed by atoms with van der Waals surface area (Å²) in [5.41, 5.74) is 6.93. The zero-order chi connectivity index (χ0) is 12.3. The lowest BCUT2D eigenvalue weighted by Crippen LogP contribution is -2.23. The maximum Gasteiger partial charge on any atom is 0.255 e. The lowest BCUT2D eigenvalue weighted by molar-refractivity contribution is 0.0951. The molecule has 0 fully saturated rings. The minimum atomic E-state index is -0.237. The van der Waals surface area contributed by atoms with Gasteiger partial charge < -0.3 is 11.1 Å². The monoisotopic (exact) mass is 231 g/mol. The summed E-state index contributed by atoms with van der Waals surface area (Å²) in [4.78, 5) is 15.6. The van der Waals surface area contributed by atoms with Gasteiger partial charge in [0.25, 0.3) is 5.91 Å². The van der Waals surface area contributed by atoms with E-state index in [1.54, 1.807) is 29.2 Å². The maximum atomic E-state index is 11.8. The lowest BCUT2D eigenvalue weighted by atomic mass is 10.2. The van der Waals surface area contributed by atoms with Crippen molar-refractivity contribution in [2.45, 2.75) is 6.54 Å². The third-order valence-electron chi connectivity index (χ3n) is 2.29. The Kier molecular flexibility index (Phi) is 3.04. The topological polar surface area (TPSA) is 85.8 Å². The van der Waals surface area contributed by atoms with Gasteiger partial charge in [-0.05, 0) is 12.1 Å². The first-order valence-corrected chi connectivity index (χ1v) is 5.13. The molecule has 0 aliphatic rings. The van der Waals surface area contributed by atoms with Gasteiger partial charge in [-0.1, -0.05) is 0 Å². The van der Waals surface area contributed by atoms with Crippen molar-refractivity contribution in [2.24, 2.45) is 7.05 Å². The molecule has 0 spiro atoms. The van der Waals surface area contributed by atoms with Crippen molar-refractivity contribution in [2.75, 3.05) is 5.73 Å². The summed E-state index contributed by atoms with van der Waals surface area (Å²) >= 11 is 0. The summed E-state index contributed by atoms with van der Waals surface area (Å²) in [6.07, 6.45) is 5.09. The molecule has 3 N–H and O–H groups in total. The molecule has 1 amide bonds. The van der Waals surface area contributed by atoms with E-state index in [4.69, 9.17) is 5.73 Å². The summed E-state index contributed by atoms with van der Waals surface area (Å²) in [5.74, 6) is -0.00404. The average molecular weight is 231 g/mol. The van der Waals surface area contributed by atoms with E-state index in [2.05, 4.69) is 15.4 Å². The van der Waals surface area contributed by atoms with Crippen molar-refractivity contribution in [1.29, 1.82) is 0 Å². The summed E-state index contributed by atoms with van der Waals surface area (Å²) < 4.78 is 1.68. The van der Waals surface area contributed by atoms with Gasteiger partial charge in [-0.15, -0.1) is 0 Å². The SMILES string of the molecule is Cn1cc(CNC(=O)c2cccnc2N)cn1. The van der Waals surface area contributed by atoms with Crippen molar-refractivity contribution in [3.8, 4) is 0 Å². The lowest BCUT2D eigenvalue weighted by Gasteiger charge is -2.05. The minimum absolute atomic E-state index is 0.233. The fourth-order valence-corrected chi connectivity index (χ4v) is 1.45. The minimum Gasteiger partial charge on any atom is -0.383 e. The first-order valence-electron chi connectivity index (χ1n) is 5.13. The highest BCUT2D eigenvalue weighted by molar-refractivity contribution is 5.98. The van der Waals surface area contributed by atoms with Gasteiger partial charge in [0.2, 0.25) is 0 Å².